The zero-order valence-corrected chi connectivity index (χ0v) is 28.8. The minimum Gasteiger partial charge on any atom is -0.432 e. The van der Waals surface area contributed by atoms with Crippen LogP contribution >= 0.6 is 0 Å². The third-order valence-corrected chi connectivity index (χ3v) is 10.7. The Morgan fingerprint density at radius 2 is 1.87 bits per heavy atom. The Labute approximate surface area is 301 Å². The van der Waals surface area contributed by atoms with E-state index in [1.54, 1.807) is 31.2 Å². The van der Waals surface area contributed by atoms with Gasteiger partial charge in [-0.1, -0.05) is 36.3 Å². The smallest absolute Gasteiger partial charge is 0.324 e. The standard InChI is InChI=1S/C37H29F2N9O4S/c1-3-27-30(38)13-10-22-6-4-9-28(32(22)27)34-33(39)35-29(17-40-34)36(47-18-24-11-12-25(19-47)42-24)45-37(44-35)52-15-14-31(49)43-23-7-5-8-26(16-23)53(50,51)48-20-41-21(2)46-48/h1,4-10,13-17,20,24-25,42H,11-12,18-19H2,2H3,(H,43,49)/t24-,25+. The summed E-state index contributed by atoms with van der Waals surface area (Å²) in [6, 6.07) is 13.8. The van der Waals surface area contributed by atoms with E-state index in [1.165, 1.54) is 36.5 Å². The predicted octanol–water partition coefficient (Wildman–Crippen LogP) is 4.71. The van der Waals surface area contributed by atoms with Gasteiger partial charge in [-0.05, 0) is 49.4 Å². The Kier molecular flexibility index (Phi) is 8.51. The van der Waals surface area contributed by atoms with Gasteiger partial charge in [0.25, 0.3) is 15.9 Å². The van der Waals surface area contributed by atoms with Gasteiger partial charge in [0.05, 0.1) is 15.8 Å². The van der Waals surface area contributed by atoms with E-state index in [2.05, 4.69) is 41.6 Å². The molecule has 0 aliphatic carbocycles. The molecule has 53 heavy (non-hydrogen) atoms. The molecule has 5 heterocycles. The van der Waals surface area contributed by atoms with Crippen LogP contribution in [0.5, 0.6) is 6.01 Å². The molecule has 0 unspecified atom stereocenters. The second-order valence-corrected chi connectivity index (χ2v) is 14.4. The van der Waals surface area contributed by atoms with Crippen molar-refractivity contribution >= 4 is 49.1 Å². The third kappa shape index (κ3) is 6.30. The average molecular weight is 734 g/mol. The lowest BCUT2D eigenvalue weighted by Crippen LogP contribution is -2.51. The molecule has 2 fully saturated rings. The first kappa shape index (κ1) is 33.8. The molecular formula is C37H29F2N9O4S. The molecule has 2 aliphatic heterocycles. The molecule has 2 bridgehead atoms. The largest absolute Gasteiger partial charge is 0.432 e. The number of nitrogens with one attached hydrogen (secondary N) is 2. The lowest BCUT2D eigenvalue weighted by Gasteiger charge is -2.34. The highest BCUT2D eigenvalue weighted by atomic mass is 32.2. The Balaban J connectivity index is 1.12. The number of anilines is 2. The summed E-state index contributed by atoms with van der Waals surface area (Å²) in [6.45, 7) is 2.79. The lowest BCUT2D eigenvalue weighted by molar-refractivity contribution is -0.112. The summed E-state index contributed by atoms with van der Waals surface area (Å²) < 4.78 is 63.9. The first-order valence-electron chi connectivity index (χ1n) is 16.5. The van der Waals surface area contributed by atoms with Crippen LogP contribution in [0.2, 0.25) is 0 Å². The van der Waals surface area contributed by atoms with Crippen molar-refractivity contribution in [1.82, 2.24) is 34.4 Å². The van der Waals surface area contributed by atoms with Crippen molar-refractivity contribution in [2.75, 3.05) is 23.3 Å². The number of aromatic nitrogens is 6. The molecular weight excluding hydrogens is 705 g/mol. The fraction of sp³-hybridized carbons (Fsp3) is 0.189. The number of nitrogens with zero attached hydrogens (tertiary/aromatic N) is 7. The maximum absolute atomic E-state index is 16.7. The van der Waals surface area contributed by atoms with E-state index in [4.69, 9.17) is 11.2 Å². The average Bonchev–Trinajstić information content (AvgIpc) is 3.75. The first-order valence-corrected chi connectivity index (χ1v) is 18.0. The molecule has 3 aromatic carbocycles. The van der Waals surface area contributed by atoms with Gasteiger partial charge in [0.15, 0.2) is 5.82 Å². The van der Waals surface area contributed by atoms with Gasteiger partial charge >= 0.3 is 6.01 Å². The van der Waals surface area contributed by atoms with E-state index in [0.717, 1.165) is 35.6 Å². The monoisotopic (exact) mass is 733 g/mol. The summed E-state index contributed by atoms with van der Waals surface area (Å²) in [6.07, 6.45) is 12.4. The van der Waals surface area contributed by atoms with Gasteiger partial charge in [0.1, 0.15) is 41.3 Å². The minimum absolute atomic E-state index is 0.00913. The molecule has 16 heteroatoms. The molecule has 6 aromatic rings. The highest BCUT2D eigenvalue weighted by Crippen LogP contribution is 2.37. The van der Waals surface area contributed by atoms with Crippen molar-refractivity contribution in [3.8, 4) is 29.6 Å². The van der Waals surface area contributed by atoms with Crippen LogP contribution in [0.1, 0.15) is 24.2 Å². The van der Waals surface area contributed by atoms with Gasteiger partial charge in [0, 0.05) is 54.1 Å². The van der Waals surface area contributed by atoms with E-state index in [-0.39, 0.29) is 51.3 Å². The van der Waals surface area contributed by atoms with E-state index < -0.39 is 27.6 Å². The molecule has 1 amide bonds. The van der Waals surface area contributed by atoms with E-state index in [9.17, 15) is 17.6 Å². The number of rotatable bonds is 8. The SMILES string of the molecule is C#Cc1c(F)ccc2cccc(-c3ncc4c(N5C[C@H]6CC[C@@H](C5)N6)nc(OC=CC(=O)Nc5cccc(S(=O)(=O)n6cnc(C)n6)c5)nc4c3F)c12. The number of carbonyl (C=O) groups excluding carboxylic acids is 1. The van der Waals surface area contributed by atoms with E-state index in [1.807, 2.05) is 4.90 Å². The number of terminal acetylenes is 1. The number of hydrogen-bond donors (Lipinski definition) is 2. The summed E-state index contributed by atoms with van der Waals surface area (Å²) in [7, 11) is -4.04. The lowest BCUT2D eigenvalue weighted by atomic mass is 9.96. The topological polar surface area (TPSA) is 157 Å². The Bertz CT molecular complexity index is 2630. The number of ether oxygens (including phenoxy) is 1. The van der Waals surface area contributed by atoms with Crippen molar-refractivity contribution in [2.24, 2.45) is 0 Å². The van der Waals surface area contributed by atoms with Crippen LogP contribution in [0.25, 0.3) is 32.9 Å². The van der Waals surface area contributed by atoms with Crippen LogP contribution < -0.4 is 20.3 Å². The number of benzene rings is 3. The molecule has 13 nitrogen and oxygen atoms in total. The molecule has 2 aliphatic rings. The van der Waals surface area contributed by atoms with Crippen molar-refractivity contribution in [1.29, 1.82) is 0 Å². The van der Waals surface area contributed by atoms with Gasteiger partial charge in [-0.15, -0.1) is 15.6 Å². The fourth-order valence-corrected chi connectivity index (χ4v) is 7.93. The number of fused-ring (bicyclic) bond motifs is 4. The van der Waals surface area contributed by atoms with Gasteiger partial charge in [-0.2, -0.15) is 18.4 Å². The van der Waals surface area contributed by atoms with Gasteiger partial charge in [0.2, 0.25) is 0 Å². The number of hydrogen-bond acceptors (Lipinski definition) is 11. The van der Waals surface area contributed by atoms with Gasteiger partial charge in [-0.25, -0.2) is 13.8 Å². The first-order chi connectivity index (χ1) is 25.6. The highest BCUT2D eigenvalue weighted by Gasteiger charge is 2.34. The highest BCUT2D eigenvalue weighted by molar-refractivity contribution is 7.89. The summed E-state index contributed by atoms with van der Waals surface area (Å²) in [5.41, 5.74) is 0.306. The quantitative estimate of drug-likeness (QED) is 0.127. The summed E-state index contributed by atoms with van der Waals surface area (Å²) in [5, 5.41) is 11.3. The summed E-state index contributed by atoms with van der Waals surface area (Å²) in [4.78, 5) is 32.2. The molecule has 0 spiro atoms. The second-order valence-electron chi connectivity index (χ2n) is 12.6. The van der Waals surface area contributed by atoms with Gasteiger partial charge < -0.3 is 20.3 Å². The number of pyridine rings is 1. The Morgan fingerprint density at radius 1 is 1.08 bits per heavy atom. The van der Waals surface area contributed by atoms with Crippen molar-refractivity contribution < 1.29 is 26.7 Å². The number of halogens is 2. The minimum atomic E-state index is -4.04. The Morgan fingerprint density at radius 3 is 2.62 bits per heavy atom. The number of piperazine rings is 1. The third-order valence-electron chi connectivity index (χ3n) is 9.18. The second kappa shape index (κ2) is 13.3. The molecule has 8 rings (SSSR count). The molecule has 2 N–H and O–H groups in total. The molecule has 2 saturated heterocycles. The van der Waals surface area contributed by atoms with Crippen molar-refractivity contribution in [3.05, 3.63) is 102 Å². The number of carbonyl (C=O) groups is 1. The maximum Gasteiger partial charge on any atom is 0.324 e. The number of amides is 1. The number of aryl methyl sites for hydroxylation is 1. The zero-order chi connectivity index (χ0) is 36.9. The van der Waals surface area contributed by atoms with Crippen LogP contribution in [0.4, 0.5) is 20.3 Å². The predicted molar refractivity (Wildman–Crippen MR) is 192 cm³/mol. The normalized spacial score (nSPS) is 17.1. The van der Waals surface area contributed by atoms with Crippen molar-refractivity contribution in [2.45, 2.75) is 36.7 Å². The van der Waals surface area contributed by atoms with Crippen molar-refractivity contribution in [3.63, 3.8) is 0 Å². The van der Waals surface area contributed by atoms with Crippen LogP contribution in [-0.4, -0.2) is 68.6 Å². The fourth-order valence-electron chi connectivity index (χ4n) is 6.79. The van der Waals surface area contributed by atoms with Crippen LogP contribution in [0, 0.1) is 30.9 Å². The molecule has 0 radical (unpaired) electrons. The molecule has 3 aromatic heterocycles. The molecule has 2 atom stereocenters. The Hall–Kier alpha value is -6.31. The maximum atomic E-state index is 16.7. The van der Waals surface area contributed by atoms with E-state index >= 15 is 4.39 Å². The van der Waals surface area contributed by atoms with Crippen LogP contribution in [0.15, 0.2) is 84.4 Å². The van der Waals surface area contributed by atoms with Crippen LogP contribution in [0.3, 0.4) is 0 Å². The van der Waals surface area contributed by atoms with Crippen LogP contribution in [-0.2, 0) is 14.8 Å². The van der Waals surface area contributed by atoms with Gasteiger partial charge in [-0.3, -0.25) is 9.78 Å². The zero-order valence-electron chi connectivity index (χ0n) is 28.0. The molecule has 266 valence electrons. The summed E-state index contributed by atoms with van der Waals surface area (Å²) in [5.74, 6) is 1.03. The van der Waals surface area contributed by atoms with E-state index in [0.29, 0.717) is 40.6 Å². The molecule has 0 saturated carbocycles. The summed E-state index contributed by atoms with van der Waals surface area (Å²) >= 11 is 0.